The number of ether oxygens (including phenoxy) is 6. The molecule has 1 saturated heterocycles. The van der Waals surface area contributed by atoms with Gasteiger partial charge in [0.15, 0.2) is 11.9 Å². The maximum Gasteiger partial charge on any atom is 0.331 e. The Bertz CT molecular complexity index is 2130. The Morgan fingerprint density at radius 2 is 1.59 bits per heavy atom. The zero-order valence-corrected chi connectivity index (χ0v) is 41.1. The molecule has 5 fully saturated rings. The Kier molecular flexibility index (Phi) is 14.3. The van der Waals surface area contributed by atoms with Gasteiger partial charge in [-0.05, 0) is 129 Å². The number of aldehydes is 1. The molecule has 7 rings (SSSR count). The molecule has 0 bridgehead atoms. The summed E-state index contributed by atoms with van der Waals surface area (Å²) in [5.41, 5.74) is -2.26. The van der Waals surface area contributed by atoms with E-state index in [-0.39, 0.29) is 47.0 Å². The van der Waals surface area contributed by atoms with Gasteiger partial charge in [0.2, 0.25) is 12.0 Å². The average Bonchev–Trinajstić information content (AvgIpc) is 3.25. The number of methoxy groups -OCH3 is 1. The van der Waals surface area contributed by atoms with E-state index >= 15 is 4.79 Å². The molecule has 0 aromatic carbocycles. The minimum atomic E-state index is -2.45. The summed E-state index contributed by atoms with van der Waals surface area (Å²) in [7, 11) is 1.54. The highest BCUT2D eigenvalue weighted by atomic mass is 16.7. The van der Waals surface area contributed by atoms with Crippen LogP contribution in [0.25, 0.3) is 0 Å². The fourth-order valence-electron chi connectivity index (χ4n) is 14.2. The molecule has 378 valence electrons. The van der Waals surface area contributed by atoms with Crippen molar-refractivity contribution in [3.8, 4) is 0 Å². The van der Waals surface area contributed by atoms with Gasteiger partial charge in [-0.1, -0.05) is 64.4 Å². The van der Waals surface area contributed by atoms with E-state index in [4.69, 9.17) is 28.4 Å². The van der Waals surface area contributed by atoms with Crippen molar-refractivity contribution in [2.24, 2.45) is 55.4 Å². The third-order valence-electron chi connectivity index (χ3n) is 18.4. The van der Waals surface area contributed by atoms with Crippen LogP contribution in [0.2, 0.25) is 0 Å². The summed E-state index contributed by atoms with van der Waals surface area (Å²) >= 11 is 0. The number of aliphatic hydroxyl groups is 5. The topological polar surface area (TPSA) is 254 Å². The van der Waals surface area contributed by atoms with Gasteiger partial charge >= 0.3 is 17.9 Å². The second-order valence-corrected chi connectivity index (χ2v) is 22.6. The Balaban J connectivity index is 1.26. The maximum absolute atomic E-state index is 15.3. The number of carbonyl (C=O) groups is 4. The van der Waals surface area contributed by atoms with Gasteiger partial charge in [0.1, 0.15) is 30.0 Å². The van der Waals surface area contributed by atoms with E-state index in [1.54, 1.807) is 0 Å². The van der Waals surface area contributed by atoms with Crippen molar-refractivity contribution in [3.05, 3.63) is 51.9 Å². The minimum Gasteiger partial charge on any atom is -0.456 e. The van der Waals surface area contributed by atoms with Gasteiger partial charge in [0.25, 0.3) is 6.29 Å². The van der Waals surface area contributed by atoms with Gasteiger partial charge in [-0.25, -0.2) is 4.79 Å². The van der Waals surface area contributed by atoms with Crippen LogP contribution in [-0.2, 0) is 47.6 Å². The summed E-state index contributed by atoms with van der Waals surface area (Å²) in [4.78, 5) is 65.5. The zero-order chi connectivity index (χ0) is 50.1. The van der Waals surface area contributed by atoms with Gasteiger partial charge in [0.05, 0.1) is 29.8 Å². The summed E-state index contributed by atoms with van der Waals surface area (Å²) in [6.07, 6.45) is 0.129. The first-order chi connectivity index (χ1) is 31.8. The van der Waals surface area contributed by atoms with Crippen molar-refractivity contribution in [1.29, 1.82) is 0 Å². The molecule has 7 unspecified atom stereocenters. The zero-order valence-electron chi connectivity index (χ0n) is 41.1. The summed E-state index contributed by atoms with van der Waals surface area (Å²) in [5.74, 6) is -4.78. The maximum atomic E-state index is 15.3. The molecule has 18 atom stereocenters. The van der Waals surface area contributed by atoms with Crippen molar-refractivity contribution in [1.82, 2.24) is 0 Å². The first kappa shape index (κ1) is 52.0. The SMILES string of the molecule is CO[C@@H]1CC=C1/C=C\C(=O)OC(C)/C(OC(C)=O)=C(/OC1OC(C)C(N=O)C(O)C1O)C(O)OC(=O)[C@]12CCC(C)(C)C[C@H]1C1=CC[C@@H]3[C@@]4(C)CC[C@H](O)[C@@](C)(C=O)[C@@H]4CC[C@@]3(C)[C@]1(C)C[C@H]2O. The van der Waals surface area contributed by atoms with Gasteiger partial charge in [0, 0.05) is 20.1 Å². The van der Waals surface area contributed by atoms with Crippen molar-refractivity contribution in [2.75, 3.05) is 7.11 Å². The van der Waals surface area contributed by atoms with Crippen molar-refractivity contribution in [2.45, 2.75) is 188 Å². The summed E-state index contributed by atoms with van der Waals surface area (Å²) in [6.45, 7) is 16.6. The third-order valence-corrected chi connectivity index (χ3v) is 18.4. The van der Waals surface area contributed by atoms with Crippen LogP contribution < -0.4 is 0 Å². The normalized spacial score (nSPS) is 44.0. The number of rotatable bonds is 13. The number of nitroso groups, excluding NO2 is 1. The third kappa shape index (κ3) is 8.42. The van der Waals surface area contributed by atoms with Crippen LogP contribution in [-0.4, -0.2) is 118 Å². The van der Waals surface area contributed by atoms with E-state index in [9.17, 15) is 44.8 Å². The van der Waals surface area contributed by atoms with Crippen LogP contribution >= 0.6 is 0 Å². The smallest absolute Gasteiger partial charge is 0.331 e. The van der Waals surface area contributed by atoms with Crippen molar-refractivity contribution < 1.29 is 73.1 Å². The van der Waals surface area contributed by atoms with E-state index < -0.39 is 107 Å². The molecular formula is C51H73NO16. The lowest BCUT2D eigenvalue weighted by atomic mass is 9.33. The molecule has 0 spiro atoms. The molecular weight excluding hydrogens is 883 g/mol. The lowest BCUT2D eigenvalue weighted by molar-refractivity contribution is -0.269. The molecule has 1 heterocycles. The number of allylic oxidation sites excluding steroid dienone is 2. The van der Waals surface area contributed by atoms with Gasteiger partial charge in [-0.3, -0.25) is 9.59 Å². The molecule has 1 aliphatic heterocycles. The number of esters is 3. The molecule has 17 nitrogen and oxygen atoms in total. The molecule has 17 heteroatoms. The monoisotopic (exact) mass is 955 g/mol. The van der Waals surface area contributed by atoms with E-state index in [1.165, 1.54) is 27.0 Å². The average molecular weight is 956 g/mol. The Labute approximate surface area is 398 Å². The highest BCUT2D eigenvalue weighted by molar-refractivity contribution is 5.83. The highest BCUT2D eigenvalue weighted by Gasteiger charge is 2.72. The molecule has 6 aliphatic carbocycles. The largest absolute Gasteiger partial charge is 0.456 e. The first-order valence-corrected chi connectivity index (χ1v) is 24.3. The predicted octanol–water partition coefficient (Wildman–Crippen LogP) is 5.39. The first-order valence-electron chi connectivity index (χ1n) is 24.3. The number of nitrogens with zero attached hydrogens (tertiary/aromatic N) is 1. The van der Waals surface area contributed by atoms with Crippen molar-refractivity contribution in [3.63, 3.8) is 0 Å². The van der Waals surface area contributed by atoms with Crippen LogP contribution in [0, 0.1) is 55.2 Å². The standard InChI is InChI=1S/C51H73NO16/c1-26-38(52-62)39(58)40(59)44(65-26)67-42(41(66-28(3)54)27(2)64-37(57)16-12-29-11-14-32(29)63-10)43(60)68-45(61)51-22-21-46(4,5)23-31(51)30-13-15-34-47(6)19-18-35(55)48(7,25-53)33(47)17-20-49(34,8)50(30,9)24-36(51)56/h11-13,16,25-27,31-36,38-40,43-44,55-56,58-60H,14-15,17-24H2,1-10H3/b16-12-,42-41-/t26?,27?,31-,32+,33+,34+,35-,36+,38?,39?,40?,43?,44?,47-,48-,49+,50+,51+/m0/s1. The van der Waals surface area contributed by atoms with E-state index in [2.05, 4.69) is 45.9 Å². The molecule has 0 aromatic heterocycles. The Morgan fingerprint density at radius 1 is 0.882 bits per heavy atom. The van der Waals surface area contributed by atoms with Crippen LogP contribution in [0.3, 0.4) is 0 Å². The summed E-state index contributed by atoms with van der Waals surface area (Å²) in [5, 5.41) is 60.9. The minimum absolute atomic E-state index is 0.0436. The lowest BCUT2D eigenvalue weighted by Crippen LogP contribution is -2.68. The molecule has 0 radical (unpaired) electrons. The van der Waals surface area contributed by atoms with Gasteiger partial charge < -0.3 is 58.7 Å². The summed E-state index contributed by atoms with van der Waals surface area (Å²) < 4.78 is 34.2. The second-order valence-electron chi connectivity index (χ2n) is 22.6. The fourth-order valence-corrected chi connectivity index (χ4v) is 14.2. The molecule has 0 aromatic rings. The van der Waals surface area contributed by atoms with Gasteiger partial charge in [-0.2, -0.15) is 4.91 Å². The van der Waals surface area contributed by atoms with E-state index in [0.717, 1.165) is 43.3 Å². The molecule has 5 N–H and O–H groups in total. The molecule has 0 amide bonds. The quantitative estimate of drug-likeness (QED) is 0.0227. The van der Waals surface area contributed by atoms with E-state index in [1.807, 2.05) is 13.0 Å². The Hall–Kier alpha value is -3.84. The van der Waals surface area contributed by atoms with Crippen LogP contribution in [0.4, 0.5) is 0 Å². The highest BCUT2D eigenvalue weighted by Crippen LogP contribution is 2.75. The second kappa shape index (κ2) is 18.7. The van der Waals surface area contributed by atoms with Crippen LogP contribution in [0.15, 0.2) is 52.1 Å². The molecule has 7 aliphatic rings. The van der Waals surface area contributed by atoms with Crippen LogP contribution in [0.5, 0.6) is 0 Å². The van der Waals surface area contributed by atoms with Crippen LogP contribution in [0.1, 0.15) is 127 Å². The number of fused-ring (bicyclic) bond motifs is 7. The summed E-state index contributed by atoms with van der Waals surface area (Å²) in [6, 6.07) is -1.41. The van der Waals surface area contributed by atoms with Crippen molar-refractivity contribution >= 4 is 24.2 Å². The Morgan fingerprint density at radius 3 is 2.21 bits per heavy atom. The predicted molar refractivity (Wildman–Crippen MR) is 243 cm³/mol. The van der Waals surface area contributed by atoms with E-state index in [0.29, 0.717) is 38.5 Å². The number of aliphatic hydroxyl groups excluding tert-OH is 5. The number of hydrogen-bond donors (Lipinski definition) is 5. The number of carbonyl (C=O) groups excluding carboxylic acids is 4. The lowest BCUT2D eigenvalue weighted by Gasteiger charge is -2.71. The molecule has 4 saturated carbocycles. The van der Waals surface area contributed by atoms with Gasteiger partial charge in [-0.15, -0.1) is 0 Å². The molecule has 68 heavy (non-hydrogen) atoms. The fraction of sp³-hybridized carbons (Fsp3) is 0.765. The number of hydrogen-bond acceptors (Lipinski definition) is 17.